The number of aliphatic hydroxyl groups excluding tert-OH is 2. The van der Waals surface area contributed by atoms with Gasteiger partial charge in [-0.05, 0) is 57.4 Å². The van der Waals surface area contributed by atoms with Crippen LogP contribution in [0.15, 0.2) is 0 Å². The number of nitrogens with zero attached hydrogens (tertiary/aromatic N) is 1. The van der Waals surface area contributed by atoms with Gasteiger partial charge >= 0.3 is 0 Å². The van der Waals surface area contributed by atoms with Gasteiger partial charge in [-0.3, -0.25) is 0 Å². The second kappa shape index (κ2) is 9.89. The first-order valence-electron chi connectivity index (χ1n) is 9.71. The maximum absolute atomic E-state index is 10.3. The largest absolute Gasteiger partial charge is 0.393 e. The first kappa shape index (κ1) is 18.2. The highest BCUT2D eigenvalue weighted by Gasteiger charge is 2.23. The molecular weight excluding hydrogens is 274 g/mol. The van der Waals surface area contributed by atoms with E-state index in [1.807, 2.05) is 0 Å². The zero-order valence-corrected chi connectivity index (χ0v) is 14.6. The molecule has 0 aliphatic heterocycles. The molecule has 2 N–H and O–H groups in total. The van der Waals surface area contributed by atoms with Crippen LogP contribution < -0.4 is 0 Å². The third-order valence-corrected chi connectivity index (χ3v) is 6.00. The average Bonchev–Trinajstić information content (AvgIpc) is 2.59. The first-order chi connectivity index (χ1) is 10.7. The van der Waals surface area contributed by atoms with Crippen molar-refractivity contribution in [3.8, 4) is 0 Å². The summed E-state index contributed by atoms with van der Waals surface area (Å²) in [4.78, 5) is 2.29. The van der Waals surface area contributed by atoms with Crippen LogP contribution in [0.25, 0.3) is 0 Å². The van der Waals surface area contributed by atoms with Crippen LogP contribution in [-0.4, -0.2) is 47.5 Å². The van der Waals surface area contributed by atoms with Gasteiger partial charge in [0.15, 0.2) is 0 Å². The second-order valence-electron chi connectivity index (χ2n) is 7.81. The summed E-state index contributed by atoms with van der Waals surface area (Å²) in [5, 5.41) is 20.7. The van der Waals surface area contributed by atoms with Crippen molar-refractivity contribution in [1.82, 2.24) is 4.90 Å². The fraction of sp³-hybridized carbons (Fsp3) is 1.00. The Hall–Kier alpha value is -0.120. The molecule has 2 atom stereocenters. The van der Waals surface area contributed by atoms with Crippen molar-refractivity contribution in [2.24, 2.45) is 11.8 Å². The van der Waals surface area contributed by atoms with Gasteiger partial charge in [0.25, 0.3) is 0 Å². The van der Waals surface area contributed by atoms with Crippen LogP contribution in [-0.2, 0) is 0 Å². The Morgan fingerprint density at radius 2 is 1.09 bits per heavy atom. The smallest absolute Gasteiger partial charge is 0.0580 e. The van der Waals surface area contributed by atoms with Crippen molar-refractivity contribution >= 4 is 0 Å². The monoisotopic (exact) mass is 311 g/mol. The maximum Gasteiger partial charge on any atom is 0.0580 e. The van der Waals surface area contributed by atoms with Crippen molar-refractivity contribution < 1.29 is 10.2 Å². The molecule has 0 radical (unpaired) electrons. The molecular formula is C19H37NO2. The molecule has 2 fully saturated rings. The average molecular weight is 312 g/mol. The van der Waals surface area contributed by atoms with Gasteiger partial charge in [-0.15, -0.1) is 0 Å². The fourth-order valence-corrected chi connectivity index (χ4v) is 4.33. The maximum atomic E-state index is 10.3. The standard InChI is InChI=1S/C19H37NO2/c1-20(14-12-18(21)16-8-4-2-5-9-16)15-13-19(22)17-10-6-3-7-11-17/h16-19,21-22H,2-15H2,1H3. The molecule has 0 aromatic rings. The Bertz CT molecular complexity index is 257. The Labute approximate surface area is 137 Å². The van der Waals surface area contributed by atoms with Crippen LogP contribution in [0, 0.1) is 11.8 Å². The molecule has 2 aliphatic rings. The molecule has 2 saturated carbocycles. The SMILES string of the molecule is CN(CCC(O)C1CCCCC1)CCC(O)C1CCCCC1. The predicted octanol–water partition coefficient (Wildman–Crippen LogP) is 3.58. The summed E-state index contributed by atoms with van der Waals surface area (Å²) in [5.74, 6) is 1.07. The van der Waals surface area contributed by atoms with Gasteiger partial charge in [0.05, 0.1) is 12.2 Å². The van der Waals surface area contributed by atoms with E-state index in [0.29, 0.717) is 11.8 Å². The molecule has 0 spiro atoms. The first-order valence-corrected chi connectivity index (χ1v) is 9.71. The molecule has 3 nitrogen and oxygen atoms in total. The molecule has 0 amide bonds. The third-order valence-electron chi connectivity index (χ3n) is 6.00. The predicted molar refractivity (Wildman–Crippen MR) is 91.9 cm³/mol. The van der Waals surface area contributed by atoms with E-state index in [1.165, 1.54) is 64.2 Å². The van der Waals surface area contributed by atoms with E-state index in [0.717, 1.165) is 25.9 Å². The van der Waals surface area contributed by atoms with Crippen LogP contribution in [0.4, 0.5) is 0 Å². The van der Waals surface area contributed by atoms with Gasteiger partial charge in [0, 0.05) is 13.1 Å². The summed E-state index contributed by atoms with van der Waals surface area (Å²) in [5.41, 5.74) is 0. The van der Waals surface area contributed by atoms with Gasteiger partial charge in [-0.2, -0.15) is 0 Å². The molecule has 22 heavy (non-hydrogen) atoms. The Kier molecular flexibility index (Phi) is 8.19. The molecule has 3 heteroatoms. The lowest BCUT2D eigenvalue weighted by Gasteiger charge is -2.29. The summed E-state index contributed by atoms with van der Waals surface area (Å²) in [6.07, 6.45) is 14.3. The number of rotatable bonds is 8. The summed E-state index contributed by atoms with van der Waals surface area (Å²) in [6, 6.07) is 0. The summed E-state index contributed by atoms with van der Waals surface area (Å²) in [7, 11) is 2.13. The van der Waals surface area contributed by atoms with Crippen molar-refractivity contribution in [2.75, 3.05) is 20.1 Å². The summed E-state index contributed by atoms with van der Waals surface area (Å²) < 4.78 is 0. The van der Waals surface area contributed by atoms with Crippen LogP contribution in [0.5, 0.6) is 0 Å². The van der Waals surface area contributed by atoms with Gasteiger partial charge in [0.1, 0.15) is 0 Å². The van der Waals surface area contributed by atoms with Gasteiger partial charge in [0.2, 0.25) is 0 Å². The van der Waals surface area contributed by atoms with Gasteiger partial charge in [-0.25, -0.2) is 0 Å². The normalized spacial score (nSPS) is 24.5. The van der Waals surface area contributed by atoms with Crippen LogP contribution in [0.1, 0.15) is 77.0 Å². The molecule has 130 valence electrons. The Morgan fingerprint density at radius 1 is 0.727 bits per heavy atom. The molecule has 0 bridgehead atoms. The van der Waals surface area contributed by atoms with E-state index >= 15 is 0 Å². The summed E-state index contributed by atoms with van der Waals surface area (Å²) >= 11 is 0. The molecule has 0 saturated heterocycles. The molecule has 2 rings (SSSR count). The minimum absolute atomic E-state index is 0.119. The zero-order valence-electron chi connectivity index (χ0n) is 14.6. The van der Waals surface area contributed by atoms with Crippen molar-refractivity contribution in [2.45, 2.75) is 89.3 Å². The number of aliphatic hydroxyl groups is 2. The molecule has 0 heterocycles. The highest BCUT2D eigenvalue weighted by Crippen LogP contribution is 2.29. The second-order valence-corrected chi connectivity index (χ2v) is 7.81. The molecule has 2 unspecified atom stereocenters. The van der Waals surface area contributed by atoms with E-state index < -0.39 is 0 Å². The zero-order chi connectivity index (χ0) is 15.8. The molecule has 0 aromatic heterocycles. The van der Waals surface area contributed by atoms with Crippen molar-refractivity contribution in [3.05, 3.63) is 0 Å². The van der Waals surface area contributed by atoms with Gasteiger partial charge in [-0.1, -0.05) is 38.5 Å². The van der Waals surface area contributed by atoms with E-state index in [4.69, 9.17) is 0 Å². The minimum Gasteiger partial charge on any atom is -0.393 e. The third kappa shape index (κ3) is 6.17. The summed E-state index contributed by atoms with van der Waals surface area (Å²) in [6.45, 7) is 1.91. The van der Waals surface area contributed by atoms with Crippen molar-refractivity contribution in [3.63, 3.8) is 0 Å². The highest BCUT2D eigenvalue weighted by molar-refractivity contribution is 4.76. The van der Waals surface area contributed by atoms with E-state index in [2.05, 4.69) is 11.9 Å². The van der Waals surface area contributed by atoms with E-state index in [9.17, 15) is 10.2 Å². The van der Waals surface area contributed by atoms with Crippen molar-refractivity contribution in [1.29, 1.82) is 0 Å². The highest BCUT2D eigenvalue weighted by atomic mass is 16.3. The molecule has 2 aliphatic carbocycles. The lowest BCUT2D eigenvalue weighted by molar-refractivity contribution is 0.0561. The van der Waals surface area contributed by atoms with Crippen LogP contribution >= 0.6 is 0 Å². The lowest BCUT2D eigenvalue weighted by atomic mass is 9.84. The minimum atomic E-state index is -0.119. The molecule has 0 aromatic carbocycles. The Balaban J connectivity index is 1.57. The quantitative estimate of drug-likeness (QED) is 0.720. The van der Waals surface area contributed by atoms with E-state index in [-0.39, 0.29) is 12.2 Å². The van der Waals surface area contributed by atoms with Crippen LogP contribution in [0.2, 0.25) is 0 Å². The Morgan fingerprint density at radius 3 is 1.45 bits per heavy atom. The topological polar surface area (TPSA) is 43.7 Å². The van der Waals surface area contributed by atoms with Crippen LogP contribution in [0.3, 0.4) is 0 Å². The fourth-order valence-electron chi connectivity index (χ4n) is 4.33. The van der Waals surface area contributed by atoms with E-state index in [1.54, 1.807) is 0 Å². The number of hydrogen-bond donors (Lipinski definition) is 2. The van der Waals surface area contributed by atoms with Gasteiger partial charge < -0.3 is 15.1 Å². The lowest BCUT2D eigenvalue weighted by Crippen LogP contribution is -2.32. The number of hydrogen-bond acceptors (Lipinski definition) is 3.